The molecule has 0 fully saturated rings. The third-order valence-corrected chi connectivity index (χ3v) is 6.69. The van der Waals surface area contributed by atoms with Crippen LogP contribution in [0.15, 0.2) is 91.0 Å². The van der Waals surface area contributed by atoms with Crippen LogP contribution < -0.4 is 9.97 Å². The molecule has 2 aliphatic heterocycles. The maximum atomic E-state index is 11.2. The van der Waals surface area contributed by atoms with Gasteiger partial charge in [-0.15, -0.1) is 22.1 Å². The molecule has 8 heteroatoms. The second-order valence-corrected chi connectivity index (χ2v) is 9.23. The van der Waals surface area contributed by atoms with E-state index in [-0.39, 0.29) is 25.2 Å². The molecule has 40 heavy (non-hydrogen) atoms. The molecule has 0 spiro atoms. The first kappa shape index (κ1) is 25.3. The molecular formula is C32H19N5O2Zn. The minimum Gasteiger partial charge on any atom is -0.657 e. The van der Waals surface area contributed by atoms with E-state index in [1.54, 1.807) is 12.1 Å². The number of hydrogen-bond donors (Lipinski definition) is 0. The van der Waals surface area contributed by atoms with E-state index in [2.05, 4.69) is 12.1 Å². The molecule has 0 unspecified atom stereocenters. The number of aromatic nitrogens is 4. The summed E-state index contributed by atoms with van der Waals surface area (Å²) in [5.41, 5.74) is 9.84. The molecule has 2 aromatic carbocycles. The van der Waals surface area contributed by atoms with Crippen molar-refractivity contribution in [3.05, 3.63) is 124 Å². The molecule has 0 atom stereocenters. The van der Waals surface area contributed by atoms with Gasteiger partial charge >= 0.3 is 19.5 Å². The van der Waals surface area contributed by atoms with Gasteiger partial charge in [-0.1, -0.05) is 66.7 Å². The van der Waals surface area contributed by atoms with E-state index >= 15 is 0 Å². The Hall–Kier alpha value is -4.94. The summed E-state index contributed by atoms with van der Waals surface area (Å²) in [5, 5.41) is 11.2. The number of benzene rings is 2. The molecule has 0 radical (unpaired) electrons. The van der Waals surface area contributed by atoms with E-state index < -0.39 is 4.92 Å². The molecule has 8 bridgehead atoms. The number of non-ortho nitro benzene ring substituents is 1. The SMILES string of the molecule is O=[N+]([O-])c1ccc(-c2c3nc(cc4ccc([n-]4)c(-c4ccccc4)c4nc(cc5ccc2[n-]5)C=C4)C=C3)cc1.[Zn+2]. The fraction of sp³-hybridized carbons (Fsp3) is 0. The molecule has 0 amide bonds. The van der Waals surface area contributed by atoms with Gasteiger partial charge in [-0.3, -0.25) is 10.1 Å². The van der Waals surface area contributed by atoms with Crippen LogP contribution in [0.1, 0.15) is 22.8 Å². The molecule has 186 valence electrons. The quantitative estimate of drug-likeness (QED) is 0.127. The Morgan fingerprint density at radius 2 is 1.10 bits per heavy atom. The van der Waals surface area contributed by atoms with Gasteiger partial charge in [0.2, 0.25) is 0 Å². The molecule has 0 N–H and O–H groups in total. The summed E-state index contributed by atoms with van der Waals surface area (Å²) in [7, 11) is 0. The maximum absolute atomic E-state index is 11.2. The normalized spacial score (nSPS) is 11.8. The van der Waals surface area contributed by atoms with Crippen molar-refractivity contribution in [1.82, 2.24) is 19.9 Å². The van der Waals surface area contributed by atoms with Crippen LogP contribution >= 0.6 is 0 Å². The molecule has 5 heterocycles. The van der Waals surface area contributed by atoms with Crippen molar-refractivity contribution in [1.29, 1.82) is 0 Å². The third kappa shape index (κ3) is 4.70. The van der Waals surface area contributed by atoms with E-state index in [4.69, 9.17) is 19.9 Å². The first-order chi connectivity index (χ1) is 19.1. The fourth-order valence-corrected chi connectivity index (χ4v) is 4.90. The van der Waals surface area contributed by atoms with Crippen molar-refractivity contribution in [3.63, 3.8) is 0 Å². The summed E-state index contributed by atoms with van der Waals surface area (Å²) in [6.45, 7) is 0. The molecule has 3 aromatic heterocycles. The van der Waals surface area contributed by atoms with Crippen LogP contribution in [-0.2, 0) is 19.5 Å². The van der Waals surface area contributed by atoms with E-state index in [1.165, 1.54) is 12.1 Å². The largest absolute Gasteiger partial charge is 2.00 e. The number of nitrogens with zero attached hydrogens (tertiary/aromatic N) is 5. The van der Waals surface area contributed by atoms with Crippen LogP contribution in [0.25, 0.3) is 68.6 Å². The average molecular weight is 571 g/mol. The molecular weight excluding hydrogens is 552 g/mol. The van der Waals surface area contributed by atoms with E-state index in [0.29, 0.717) is 0 Å². The standard InChI is InChI=1S/C32H19N5O2.Zn/c38-37(39)26-12-6-21(7-13-26)32-29-16-10-24(35-29)18-22-8-14-27(33-22)31(20-4-2-1-3-5-20)28-15-9-23(34-28)19-25-11-17-30(32)36-25;/h1-19H;/q-2;+2. The van der Waals surface area contributed by atoms with Gasteiger partial charge in [0, 0.05) is 12.1 Å². The summed E-state index contributed by atoms with van der Waals surface area (Å²) >= 11 is 0. The minimum atomic E-state index is -0.405. The van der Waals surface area contributed by atoms with Crippen LogP contribution in [0.5, 0.6) is 0 Å². The predicted octanol–water partition coefficient (Wildman–Crippen LogP) is 7.15. The van der Waals surface area contributed by atoms with Gasteiger partial charge in [0.05, 0.1) is 27.7 Å². The van der Waals surface area contributed by atoms with Crippen LogP contribution in [0.4, 0.5) is 5.69 Å². The van der Waals surface area contributed by atoms with Crippen molar-refractivity contribution in [2.75, 3.05) is 0 Å². The molecule has 5 aromatic rings. The molecule has 0 saturated carbocycles. The van der Waals surface area contributed by atoms with Crippen molar-refractivity contribution < 1.29 is 24.4 Å². The summed E-state index contributed by atoms with van der Waals surface area (Å²) < 4.78 is 0. The Balaban J connectivity index is 0.00000289. The fourth-order valence-electron chi connectivity index (χ4n) is 4.90. The van der Waals surface area contributed by atoms with Crippen molar-refractivity contribution in [3.8, 4) is 22.3 Å². The third-order valence-electron chi connectivity index (χ3n) is 6.69. The molecule has 2 aliphatic rings. The number of nitro groups is 1. The summed E-state index contributed by atoms with van der Waals surface area (Å²) in [6, 6.07) is 28.4. The Kier molecular flexibility index (Phi) is 6.54. The van der Waals surface area contributed by atoms with Crippen molar-refractivity contribution in [2.24, 2.45) is 0 Å². The van der Waals surface area contributed by atoms with Crippen molar-refractivity contribution in [2.45, 2.75) is 0 Å². The minimum absolute atomic E-state index is 0. The number of fused-ring (bicyclic) bond motifs is 8. The van der Waals surface area contributed by atoms with Crippen LogP contribution in [0, 0.1) is 10.1 Å². The Morgan fingerprint density at radius 3 is 1.60 bits per heavy atom. The van der Waals surface area contributed by atoms with E-state index in [9.17, 15) is 10.1 Å². The smallest absolute Gasteiger partial charge is 0.657 e. The van der Waals surface area contributed by atoms with E-state index in [1.807, 2.05) is 78.9 Å². The molecule has 7 rings (SSSR count). The van der Waals surface area contributed by atoms with E-state index in [0.717, 1.165) is 67.1 Å². The van der Waals surface area contributed by atoms with Gasteiger partial charge < -0.3 is 9.97 Å². The van der Waals surface area contributed by atoms with Gasteiger partial charge in [-0.2, -0.15) is 0 Å². The zero-order valence-electron chi connectivity index (χ0n) is 21.2. The topological polar surface area (TPSA) is 97.1 Å². The Morgan fingerprint density at radius 1 is 0.600 bits per heavy atom. The first-order valence-corrected chi connectivity index (χ1v) is 12.4. The summed E-state index contributed by atoms with van der Waals surface area (Å²) in [4.78, 5) is 30.4. The van der Waals surface area contributed by atoms with Gasteiger partial charge in [0.1, 0.15) is 0 Å². The van der Waals surface area contributed by atoms with Crippen LogP contribution in [0.3, 0.4) is 0 Å². The average Bonchev–Trinajstić information content (AvgIpc) is 3.76. The molecule has 0 saturated heterocycles. The van der Waals surface area contributed by atoms with Crippen LogP contribution in [-0.4, -0.2) is 14.9 Å². The number of hydrogen-bond acceptors (Lipinski definition) is 4. The number of rotatable bonds is 3. The first-order valence-electron chi connectivity index (χ1n) is 12.4. The van der Waals surface area contributed by atoms with Gasteiger partial charge in [-0.25, -0.2) is 9.97 Å². The van der Waals surface area contributed by atoms with Crippen molar-refractivity contribution >= 4 is 52.1 Å². The second-order valence-electron chi connectivity index (χ2n) is 9.23. The Bertz CT molecular complexity index is 1990. The zero-order chi connectivity index (χ0) is 26.3. The second kappa shape index (κ2) is 10.3. The van der Waals surface area contributed by atoms with Crippen LogP contribution in [0.2, 0.25) is 0 Å². The summed E-state index contributed by atoms with van der Waals surface area (Å²) in [6.07, 6.45) is 7.86. The van der Waals surface area contributed by atoms with Gasteiger partial charge in [0.25, 0.3) is 5.69 Å². The van der Waals surface area contributed by atoms with Gasteiger partial charge in [0.15, 0.2) is 0 Å². The predicted molar refractivity (Wildman–Crippen MR) is 154 cm³/mol. The summed E-state index contributed by atoms with van der Waals surface area (Å²) in [5.74, 6) is 0. The monoisotopic (exact) mass is 569 g/mol. The molecule has 7 nitrogen and oxygen atoms in total. The number of nitro benzene ring substituents is 1. The zero-order valence-corrected chi connectivity index (χ0v) is 24.2. The Labute approximate surface area is 241 Å². The molecule has 0 aliphatic carbocycles. The maximum Gasteiger partial charge on any atom is 2.00 e. The van der Waals surface area contributed by atoms with Gasteiger partial charge in [-0.05, 0) is 58.7 Å².